The Morgan fingerprint density at radius 3 is 2.48 bits per heavy atom. The molecule has 7 heteroatoms. The number of hydrogen-bond donors (Lipinski definition) is 3. The summed E-state index contributed by atoms with van der Waals surface area (Å²) in [5.41, 5.74) is 1.11. The fourth-order valence-corrected chi connectivity index (χ4v) is 3.28. The Balaban J connectivity index is 1.32. The van der Waals surface area contributed by atoms with E-state index in [9.17, 15) is 4.79 Å². The van der Waals surface area contributed by atoms with Crippen molar-refractivity contribution >= 4 is 23.4 Å². The average Bonchev–Trinajstić information content (AvgIpc) is 3.20. The molecule has 144 valence electrons. The number of aryl methyl sites for hydroxylation is 1. The smallest absolute Gasteiger partial charge is 0.220 e. The van der Waals surface area contributed by atoms with Crippen molar-refractivity contribution in [1.29, 1.82) is 0 Å². The lowest BCUT2D eigenvalue weighted by molar-refractivity contribution is -0.121. The molecule has 2 aromatic rings. The molecule has 1 amide bonds. The van der Waals surface area contributed by atoms with E-state index in [4.69, 9.17) is 0 Å². The summed E-state index contributed by atoms with van der Waals surface area (Å²) in [6.07, 6.45) is 8.69. The van der Waals surface area contributed by atoms with E-state index >= 15 is 0 Å². The third-order valence-corrected chi connectivity index (χ3v) is 4.84. The molecule has 2 heterocycles. The molecular formula is C20H28N6O. The van der Waals surface area contributed by atoms with Gasteiger partial charge in [0.1, 0.15) is 11.6 Å². The second kappa shape index (κ2) is 9.85. The highest BCUT2D eigenvalue weighted by Gasteiger charge is 2.15. The Morgan fingerprint density at radius 1 is 1.04 bits per heavy atom. The predicted octanol–water partition coefficient (Wildman–Crippen LogP) is 3.42. The first kappa shape index (κ1) is 19.1. The normalized spacial score (nSPS) is 14.1. The van der Waals surface area contributed by atoms with E-state index < -0.39 is 0 Å². The topological polar surface area (TPSA) is 91.8 Å². The van der Waals surface area contributed by atoms with Gasteiger partial charge in [0.15, 0.2) is 5.82 Å². The molecule has 1 saturated carbocycles. The molecule has 0 atom stereocenters. The fourth-order valence-electron chi connectivity index (χ4n) is 3.28. The van der Waals surface area contributed by atoms with Gasteiger partial charge < -0.3 is 16.0 Å². The van der Waals surface area contributed by atoms with Crippen molar-refractivity contribution in [2.45, 2.75) is 45.4 Å². The van der Waals surface area contributed by atoms with Gasteiger partial charge in [0.25, 0.3) is 0 Å². The summed E-state index contributed by atoms with van der Waals surface area (Å²) in [6.45, 7) is 3.20. The lowest BCUT2D eigenvalue weighted by Crippen LogP contribution is -2.29. The molecule has 7 nitrogen and oxygen atoms in total. The number of carbonyl (C=O) groups excluding carboxylic acids is 1. The molecule has 0 bridgehead atoms. The number of nitrogens with one attached hydrogen (secondary N) is 3. The first-order valence-corrected chi connectivity index (χ1v) is 9.73. The van der Waals surface area contributed by atoms with Gasteiger partial charge in [0.2, 0.25) is 5.91 Å². The molecule has 0 unspecified atom stereocenters. The van der Waals surface area contributed by atoms with Crippen LogP contribution in [0.2, 0.25) is 0 Å². The highest BCUT2D eigenvalue weighted by molar-refractivity contribution is 5.75. The summed E-state index contributed by atoms with van der Waals surface area (Å²) in [7, 11) is 0. The van der Waals surface area contributed by atoms with Gasteiger partial charge in [-0.15, -0.1) is 10.2 Å². The number of anilines is 3. The number of nitrogens with zero attached hydrogens (tertiary/aromatic N) is 3. The number of amides is 1. The van der Waals surface area contributed by atoms with Gasteiger partial charge in [0, 0.05) is 25.7 Å². The highest BCUT2D eigenvalue weighted by Crippen LogP contribution is 2.28. The van der Waals surface area contributed by atoms with E-state index in [-0.39, 0.29) is 5.91 Å². The van der Waals surface area contributed by atoms with Crippen LogP contribution in [0, 0.1) is 12.8 Å². The second-order valence-corrected chi connectivity index (χ2v) is 7.12. The standard InChI is InChI=1S/C20H28N6O/c1-15-6-8-17(23-14-15)24-19-10-9-18(25-26-19)21-12-13-22-20(27)11-7-16-4-2-3-5-16/h6,8-10,14,16H,2-5,7,11-13H2,1H3,(H,21,25)(H,22,27)(H,23,24,26). The molecule has 0 aliphatic heterocycles. The minimum absolute atomic E-state index is 0.139. The van der Waals surface area contributed by atoms with Crippen LogP contribution in [-0.2, 0) is 4.79 Å². The number of hydrogen-bond acceptors (Lipinski definition) is 6. The van der Waals surface area contributed by atoms with E-state index in [1.54, 1.807) is 6.20 Å². The first-order chi connectivity index (χ1) is 13.2. The maximum atomic E-state index is 11.9. The first-order valence-electron chi connectivity index (χ1n) is 9.73. The van der Waals surface area contributed by atoms with Crippen molar-refractivity contribution in [3.8, 4) is 0 Å². The summed E-state index contributed by atoms with van der Waals surface area (Å²) in [4.78, 5) is 16.1. The van der Waals surface area contributed by atoms with Crippen molar-refractivity contribution in [3.05, 3.63) is 36.0 Å². The Bertz CT molecular complexity index is 710. The number of pyridine rings is 1. The van der Waals surface area contributed by atoms with Crippen molar-refractivity contribution < 1.29 is 4.79 Å². The Hall–Kier alpha value is -2.70. The molecule has 0 radical (unpaired) electrons. The van der Waals surface area contributed by atoms with Gasteiger partial charge in [-0.05, 0) is 43.0 Å². The van der Waals surface area contributed by atoms with E-state index in [1.807, 2.05) is 31.2 Å². The average molecular weight is 368 g/mol. The van der Waals surface area contributed by atoms with Crippen molar-refractivity contribution in [2.24, 2.45) is 5.92 Å². The third kappa shape index (κ3) is 6.51. The SMILES string of the molecule is Cc1ccc(Nc2ccc(NCCNC(=O)CCC3CCCC3)nn2)nc1. The minimum atomic E-state index is 0.139. The largest absolute Gasteiger partial charge is 0.367 e. The Kier molecular flexibility index (Phi) is 6.96. The minimum Gasteiger partial charge on any atom is -0.367 e. The second-order valence-electron chi connectivity index (χ2n) is 7.12. The molecule has 1 fully saturated rings. The van der Waals surface area contributed by atoms with E-state index in [2.05, 4.69) is 31.1 Å². The summed E-state index contributed by atoms with van der Waals surface area (Å²) >= 11 is 0. The molecule has 3 rings (SSSR count). The monoisotopic (exact) mass is 368 g/mol. The van der Waals surface area contributed by atoms with Gasteiger partial charge in [-0.2, -0.15) is 0 Å². The zero-order valence-corrected chi connectivity index (χ0v) is 15.9. The van der Waals surface area contributed by atoms with E-state index in [1.165, 1.54) is 25.7 Å². The third-order valence-electron chi connectivity index (χ3n) is 4.84. The zero-order valence-electron chi connectivity index (χ0n) is 15.9. The molecule has 2 aromatic heterocycles. The molecule has 3 N–H and O–H groups in total. The zero-order chi connectivity index (χ0) is 18.9. The maximum Gasteiger partial charge on any atom is 0.220 e. The molecule has 1 aliphatic rings. The Morgan fingerprint density at radius 2 is 1.78 bits per heavy atom. The van der Waals surface area contributed by atoms with Gasteiger partial charge in [-0.25, -0.2) is 4.98 Å². The summed E-state index contributed by atoms with van der Waals surface area (Å²) in [5, 5.41) is 17.5. The summed E-state index contributed by atoms with van der Waals surface area (Å²) in [6, 6.07) is 7.59. The quantitative estimate of drug-likeness (QED) is 0.588. The Labute approximate surface area is 160 Å². The van der Waals surface area contributed by atoms with Gasteiger partial charge in [-0.3, -0.25) is 4.79 Å². The molecule has 27 heavy (non-hydrogen) atoms. The van der Waals surface area contributed by atoms with Crippen LogP contribution in [0.1, 0.15) is 44.1 Å². The molecule has 1 aliphatic carbocycles. The molecule has 0 aromatic carbocycles. The van der Waals surface area contributed by atoms with Crippen LogP contribution < -0.4 is 16.0 Å². The molecule has 0 spiro atoms. The van der Waals surface area contributed by atoms with Crippen molar-refractivity contribution in [3.63, 3.8) is 0 Å². The van der Waals surface area contributed by atoms with E-state index in [0.29, 0.717) is 31.1 Å². The van der Waals surface area contributed by atoms with Gasteiger partial charge >= 0.3 is 0 Å². The lowest BCUT2D eigenvalue weighted by Gasteiger charge is -2.10. The van der Waals surface area contributed by atoms with Gasteiger partial charge in [0.05, 0.1) is 0 Å². The fraction of sp³-hybridized carbons (Fsp3) is 0.500. The van der Waals surface area contributed by atoms with Crippen LogP contribution in [0.4, 0.5) is 17.5 Å². The van der Waals surface area contributed by atoms with Crippen molar-refractivity contribution in [2.75, 3.05) is 23.7 Å². The van der Waals surface area contributed by atoms with Crippen LogP contribution in [0.15, 0.2) is 30.5 Å². The molecule has 0 saturated heterocycles. The number of rotatable bonds is 9. The van der Waals surface area contributed by atoms with Crippen LogP contribution in [-0.4, -0.2) is 34.2 Å². The van der Waals surface area contributed by atoms with Crippen LogP contribution in [0.3, 0.4) is 0 Å². The predicted molar refractivity (Wildman–Crippen MR) is 107 cm³/mol. The van der Waals surface area contributed by atoms with Gasteiger partial charge in [-0.1, -0.05) is 31.7 Å². The van der Waals surface area contributed by atoms with Crippen LogP contribution in [0.5, 0.6) is 0 Å². The van der Waals surface area contributed by atoms with Crippen LogP contribution in [0.25, 0.3) is 0 Å². The summed E-state index contributed by atoms with van der Waals surface area (Å²) in [5.74, 6) is 2.94. The van der Waals surface area contributed by atoms with E-state index in [0.717, 1.165) is 23.7 Å². The van der Waals surface area contributed by atoms with Crippen LogP contribution >= 0.6 is 0 Å². The summed E-state index contributed by atoms with van der Waals surface area (Å²) < 4.78 is 0. The number of aromatic nitrogens is 3. The lowest BCUT2D eigenvalue weighted by atomic mass is 10.0. The maximum absolute atomic E-state index is 11.9. The number of carbonyl (C=O) groups is 1. The highest BCUT2D eigenvalue weighted by atomic mass is 16.1. The van der Waals surface area contributed by atoms with Crippen molar-refractivity contribution in [1.82, 2.24) is 20.5 Å². The molecular weight excluding hydrogens is 340 g/mol.